The molecule has 39 heavy (non-hydrogen) atoms. The lowest BCUT2D eigenvalue weighted by Gasteiger charge is -2.40. The largest absolute Gasteiger partial charge is 0.481 e. The first-order chi connectivity index (χ1) is 18.1. The zero-order valence-electron chi connectivity index (χ0n) is 21.2. The first kappa shape index (κ1) is 29.3. The highest BCUT2D eigenvalue weighted by molar-refractivity contribution is 6.40. The molecule has 7 nitrogen and oxygen atoms in total. The number of amides is 1. The molecule has 0 spiro atoms. The maximum Gasteiger partial charge on any atom is 0.433 e. The lowest BCUT2D eigenvalue weighted by atomic mass is 9.75. The number of carbonyl (C=O) groups excluding carboxylic acids is 2. The Balaban J connectivity index is 1.70. The van der Waals surface area contributed by atoms with Crippen molar-refractivity contribution < 1.29 is 37.1 Å². The van der Waals surface area contributed by atoms with Crippen LogP contribution in [0.5, 0.6) is 0 Å². The van der Waals surface area contributed by atoms with Crippen molar-refractivity contribution >= 4 is 40.9 Å². The highest BCUT2D eigenvalue weighted by Crippen LogP contribution is 2.43. The van der Waals surface area contributed by atoms with E-state index in [1.54, 1.807) is 0 Å². The summed E-state index contributed by atoms with van der Waals surface area (Å²) < 4.78 is 57.2. The first-order valence-corrected chi connectivity index (χ1v) is 13.2. The van der Waals surface area contributed by atoms with Crippen LogP contribution in [-0.4, -0.2) is 50.0 Å². The van der Waals surface area contributed by atoms with E-state index in [4.69, 9.17) is 28.3 Å². The molecule has 1 aromatic carbocycles. The fraction of sp³-hybridized carbons (Fsp3) is 0.538. The number of carboxylic acid groups (broad SMARTS) is 1. The molecule has 0 radical (unpaired) electrons. The number of aromatic nitrogens is 2. The zero-order valence-corrected chi connectivity index (χ0v) is 22.7. The maximum absolute atomic E-state index is 14.3. The molecule has 2 fully saturated rings. The summed E-state index contributed by atoms with van der Waals surface area (Å²) in [6.07, 6.45) is -1.98. The van der Waals surface area contributed by atoms with Gasteiger partial charge in [0.1, 0.15) is 5.82 Å². The number of hydrogen-bond donors (Lipinski definition) is 1. The number of ketones is 1. The maximum atomic E-state index is 14.3. The number of carboxylic acids is 1. The van der Waals surface area contributed by atoms with Crippen molar-refractivity contribution in [1.82, 2.24) is 14.7 Å². The summed E-state index contributed by atoms with van der Waals surface area (Å²) in [6, 6.07) is 0.416. The lowest BCUT2D eigenvalue weighted by Crippen LogP contribution is -2.46. The third-order valence-corrected chi connectivity index (χ3v) is 8.31. The van der Waals surface area contributed by atoms with Gasteiger partial charge < -0.3 is 10.0 Å². The number of hydrogen-bond acceptors (Lipinski definition) is 4. The minimum absolute atomic E-state index is 0.0360. The molecule has 0 bridgehead atoms. The molecule has 2 aliphatic carbocycles. The van der Waals surface area contributed by atoms with Crippen molar-refractivity contribution in [1.29, 1.82) is 0 Å². The van der Waals surface area contributed by atoms with E-state index in [9.17, 15) is 31.9 Å². The average molecular weight is 592 g/mol. The number of halogens is 6. The van der Waals surface area contributed by atoms with E-state index in [0.29, 0.717) is 30.4 Å². The molecule has 1 N–H and O–H groups in total. The van der Waals surface area contributed by atoms with Gasteiger partial charge in [-0.3, -0.25) is 19.1 Å². The van der Waals surface area contributed by atoms with Gasteiger partial charge in [0.25, 0.3) is 5.91 Å². The smallest absolute Gasteiger partial charge is 0.433 e. The molecule has 0 unspecified atom stereocenters. The van der Waals surface area contributed by atoms with Gasteiger partial charge in [-0.15, -0.1) is 0 Å². The second kappa shape index (κ2) is 10.7. The molecule has 212 valence electrons. The quantitative estimate of drug-likeness (QED) is 0.286. The van der Waals surface area contributed by atoms with E-state index in [2.05, 4.69) is 5.10 Å². The number of nitrogens with zero attached hydrogens (tertiary/aromatic N) is 3. The zero-order chi connectivity index (χ0) is 28.9. The normalized spacial score (nSPS) is 21.3. The summed E-state index contributed by atoms with van der Waals surface area (Å²) >= 11 is 12.1. The Hall–Kier alpha value is -2.66. The third kappa shape index (κ3) is 6.09. The Labute approximate surface area is 232 Å². The SMILES string of the molecule is CC1(C)CCC(N(CC(=O)c2c(Cl)cc(F)cc2Cl)C(=O)c2cnn([C@H]3C[C@@H](C(=O)O)C3)c2C(F)(F)F)CC1. The Morgan fingerprint density at radius 2 is 1.69 bits per heavy atom. The fourth-order valence-corrected chi connectivity index (χ4v) is 6.00. The molecule has 13 heteroatoms. The molecule has 0 saturated heterocycles. The highest BCUT2D eigenvalue weighted by atomic mass is 35.5. The second-order valence-corrected chi connectivity index (χ2v) is 11.8. The Bertz CT molecular complexity index is 1270. The summed E-state index contributed by atoms with van der Waals surface area (Å²) in [5.41, 5.74) is -2.27. The van der Waals surface area contributed by atoms with Crippen molar-refractivity contribution in [2.24, 2.45) is 11.3 Å². The van der Waals surface area contributed by atoms with Crippen molar-refractivity contribution in [2.75, 3.05) is 6.54 Å². The van der Waals surface area contributed by atoms with Crippen LogP contribution in [-0.2, 0) is 11.0 Å². The Kier molecular flexibility index (Phi) is 8.06. The highest BCUT2D eigenvalue weighted by Gasteiger charge is 2.46. The summed E-state index contributed by atoms with van der Waals surface area (Å²) in [5, 5.41) is 12.4. The van der Waals surface area contributed by atoms with Crippen LogP contribution in [0.25, 0.3) is 0 Å². The molecule has 1 aromatic heterocycles. The van der Waals surface area contributed by atoms with Crippen molar-refractivity contribution in [3.05, 3.63) is 51.0 Å². The molecule has 2 saturated carbocycles. The Morgan fingerprint density at radius 3 is 2.21 bits per heavy atom. The number of benzene rings is 1. The van der Waals surface area contributed by atoms with Gasteiger partial charge in [0, 0.05) is 6.04 Å². The van der Waals surface area contributed by atoms with Crippen LogP contribution in [0.15, 0.2) is 18.3 Å². The first-order valence-electron chi connectivity index (χ1n) is 12.5. The molecule has 1 heterocycles. The van der Waals surface area contributed by atoms with Gasteiger partial charge in [-0.1, -0.05) is 37.0 Å². The number of aliphatic carboxylic acids is 1. The average Bonchev–Trinajstić information content (AvgIpc) is 3.20. The van der Waals surface area contributed by atoms with Gasteiger partial charge >= 0.3 is 12.1 Å². The van der Waals surface area contributed by atoms with E-state index >= 15 is 0 Å². The van der Waals surface area contributed by atoms with E-state index in [1.807, 2.05) is 13.8 Å². The van der Waals surface area contributed by atoms with E-state index in [1.165, 1.54) is 0 Å². The fourth-order valence-electron chi connectivity index (χ4n) is 5.33. The lowest BCUT2D eigenvalue weighted by molar-refractivity contribution is -0.150. The van der Waals surface area contributed by atoms with E-state index < -0.39 is 65.5 Å². The molecule has 0 atom stereocenters. The molecule has 2 aliphatic rings. The monoisotopic (exact) mass is 591 g/mol. The molecule has 1 amide bonds. The molecule has 4 rings (SSSR count). The van der Waals surface area contributed by atoms with Crippen molar-refractivity contribution in [2.45, 2.75) is 70.6 Å². The van der Waals surface area contributed by atoms with Crippen LogP contribution in [0.1, 0.15) is 84.8 Å². The standard InChI is InChI=1S/C26H27Cl2F4N3O4/c1-25(2)5-3-15(4-6-25)34(12-20(36)21-18(27)9-14(29)10-19(21)28)23(37)17-11-33-35(22(17)26(30,31)32)16-7-13(8-16)24(38)39/h9-11,13,15-16H,3-8,12H2,1-2H3,(H,38,39)/t13-,16+. The van der Waals surface area contributed by atoms with E-state index in [0.717, 1.165) is 23.2 Å². The predicted octanol–water partition coefficient (Wildman–Crippen LogP) is 6.68. The van der Waals surface area contributed by atoms with Crippen LogP contribution in [0.3, 0.4) is 0 Å². The molecule has 0 aliphatic heterocycles. The Morgan fingerprint density at radius 1 is 1.13 bits per heavy atom. The van der Waals surface area contributed by atoms with Crippen LogP contribution in [0, 0.1) is 17.2 Å². The van der Waals surface area contributed by atoms with Gasteiger partial charge in [-0.05, 0) is 56.1 Å². The topological polar surface area (TPSA) is 92.5 Å². The van der Waals surface area contributed by atoms with Gasteiger partial charge in [0.05, 0.1) is 45.9 Å². The summed E-state index contributed by atoms with van der Waals surface area (Å²) in [5.74, 6) is -4.44. The van der Waals surface area contributed by atoms with Gasteiger partial charge in [0.15, 0.2) is 11.5 Å². The minimum atomic E-state index is -4.97. The van der Waals surface area contributed by atoms with E-state index in [-0.39, 0.29) is 33.9 Å². The minimum Gasteiger partial charge on any atom is -0.481 e. The number of alkyl halides is 3. The summed E-state index contributed by atoms with van der Waals surface area (Å²) in [7, 11) is 0. The number of Topliss-reactive ketones (excluding diaryl/α,β-unsaturated/α-hetero) is 1. The molecular formula is C26H27Cl2F4N3O4. The molecular weight excluding hydrogens is 565 g/mol. The van der Waals surface area contributed by atoms with Crippen molar-refractivity contribution in [3.8, 4) is 0 Å². The summed E-state index contributed by atoms with van der Waals surface area (Å²) in [4.78, 5) is 39.3. The van der Waals surface area contributed by atoms with Crippen LogP contribution >= 0.6 is 23.2 Å². The third-order valence-electron chi connectivity index (χ3n) is 7.71. The van der Waals surface area contributed by atoms with Gasteiger partial charge in [-0.2, -0.15) is 18.3 Å². The van der Waals surface area contributed by atoms with Crippen molar-refractivity contribution in [3.63, 3.8) is 0 Å². The number of rotatable bonds is 7. The van der Waals surface area contributed by atoms with Gasteiger partial charge in [0.2, 0.25) is 0 Å². The number of carbonyl (C=O) groups is 3. The van der Waals surface area contributed by atoms with Crippen LogP contribution in [0.2, 0.25) is 10.0 Å². The van der Waals surface area contributed by atoms with Crippen LogP contribution < -0.4 is 0 Å². The van der Waals surface area contributed by atoms with Gasteiger partial charge in [-0.25, -0.2) is 4.39 Å². The summed E-state index contributed by atoms with van der Waals surface area (Å²) in [6.45, 7) is 3.47. The predicted molar refractivity (Wildman–Crippen MR) is 134 cm³/mol. The molecule has 2 aromatic rings. The van der Waals surface area contributed by atoms with Crippen LogP contribution in [0.4, 0.5) is 17.6 Å². The second-order valence-electron chi connectivity index (χ2n) is 11.0.